The molecule has 30 heavy (non-hydrogen) atoms. The number of hydrogen-bond donors (Lipinski definition) is 2. The van der Waals surface area contributed by atoms with Crippen molar-refractivity contribution in [2.45, 2.75) is 6.54 Å². The van der Waals surface area contributed by atoms with Crippen LogP contribution in [-0.4, -0.2) is 40.2 Å². The number of rotatable bonds is 8. The van der Waals surface area contributed by atoms with Gasteiger partial charge in [0.2, 0.25) is 5.91 Å². The highest BCUT2D eigenvalue weighted by Gasteiger charge is 2.13. The Morgan fingerprint density at radius 1 is 1.13 bits per heavy atom. The maximum atomic E-state index is 12.2. The fourth-order valence-corrected chi connectivity index (χ4v) is 2.60. The van der Waals surface area contributed by atoms with Crippen LogP contribution in [-0.2, 0) is 11.3 Å². The Labute approximate surface area is 171 Å². The van der Waals surface area contributed by atoms with E-state index in [2.05, 4.69) is 15.7 Å². The van der Waals surface area contributed by atoms with Gasteiger partial charge < -0.3 is 15.4 Å². The molecule has 0 fully saturated rings. The summed E-state index contributed by atoms with van der Waals surface area (Å²) in [6.45, 7) is 0.110. The highest BCUT2D eigenvalue weighted by atomic mass is 16.6. The van der Waals surface area contributed by atoms with Gasteiger partial charge in [0.15, 0.2) is 5.69 Å². The molecular weight excluding hydrogens is 390 g/mol. The van der Waals surface area contributed by atoms with Crippen LogP contribution in [0.5, 0.6) is 5.75 Å². The Kier molecular flexibility index (Phi) is 6.38. The first kappa shape index (κ1) is 20.5. The first-order valence-corrected chi connectivity index (χ1v) is 8.94. The molecule has 3 aromatic rings. The van der Waals surface area contributed by atoms with Gasteiger partial charge in [-0.25, -0.2) is 4.68 Å². The largest absolute Gasteiger partial charge is 0.497 e. The molecule has 0 aliphatic heterocycles. The van der Waals surface area contributed by atoms with Crippen molar-refractivity contribution in [2.24, 2.45) is 0 Å². The van der Waals surface area contributed by atoms with E-state index in [1.165, 1.54) is 35.1 Å². The third-order valence-corrected chi connectivity index (χ3v) is 4.19. The van der Waals surface area contributed by atoms with Crippen LogP contribution in [0, 0.1) is 10.1 Å². The number of hydrogen-bond acceptors (Lipinski definition) is 6. The molecule has 0 atom stereocenters. The Hall–Kier alpha value is -4.21. The molecule has 0 spiro atoms. The Morgan fingerprint density at radius 2 is 1.90 bits per heavy atom. The minimum absolute atomic E-state index is 0.0810. The van der Waals surface area contributed by atoms with Gasteiger partial charge in [0.05, 0.1) is 24.3 Å². The molecule has 2 aromatic carbocycles. The summed E-state index contributed by atoms with van der Waals surface area (Å²) in [6.07, 6.45) is 1.51. The second kappa shape index (κ2) is 9.32. The topological polar surface area (TPSA) is 128 Å². The minimum atomic E-state index is -0.529. The molecule has 3 rings (SSSR count). The van der Waals surface area contributed by atoms with Gasteiger partial charge in [-0.05, 0) is 29.8 Å². The van der Waals surface area contributed by atoms with Crippen molar-refractivity contribution in [1.82, 2.24) is 20.4 Å². The molecule has 10 heteroatoms. The number of non-ortho nitro benzene ring substituents is 1. The average Bonchev–Trinajstić information content (AvgIpc) is 3.27. The van der Waals surface area contributed by atoms with Crippen LogP contribution < -0.4 is 15.4 Å². The molecule has 0 bridgehead atoms. The lowest BCUT2D eigenvalue weighted by atomic mass is 10.2. The fourth-order valence-electron chi connectivity index (χ4n) is 2.60. The summed E-state index contributed by atoms with van der Waals surface area (Å²) in [5.74, 6) is -0.155. The van der Waals surface area contributed by atoms with E-state index in [1.807, 2.05) is 12.1 Å². The molecule has 0 saturated heterocycles. The van der Waals surface area contributed by atoms with E-state index in [0.717, 1.165) is 11.3 Å². The number of benzene rings is 2. The maximum absolute atomic E-state index is 12.2. The second-order valence-corrected chi connectivity index (χ2v) is 6.23. The molecule has 0 radical (unpaired) electrons. The summed E-state index contributed by atoms with van der Waals surface area (Å²) in [4.78, 5) is 34.6. The van der Waals surface area contributed by atoms with Gasteiger partial charge in [0.1, 0.15) is 5.75 Å². The number of nitro benzene ring substituents is 1. The second-order valence-electron chi connectivity index (χ2n) is 6.23. The molecule has 0 saturated carbocycles. The van der Waals surface area contributed by atoms with Crippen molar-refractivity contribution in [2.75, 3.05) is 13.7 Å². The van der Waals surface area contributed by atoms with Crippen molar-refractivity contribution < 1.29 is 19.2 Å². The van der Waals surface area contributed by atoms with Crippen LogP contribution in [0.3, 0.4) is 0 Å². The lowest BCUT2D eigenvalue weighted by molar-refractivity contribution is -0.384. The van der Waals surface area contributed by atoms with Gasteiger partial charge in [-0.2, -0.15) is 5.10 Å². The third kappa shape index (κ3) is 5.19. The van der Waals surface area contributed by atoms with E-state index in [-0.39, 0.29) is 23.8 Å². The van der Waals surface area contributed by atoms with Crippen molar-refractivity contribution in [3.63, 3.8) is 0 Å². The Balaban J connectivity index is 1.52. The normalized spacial score (nSPS) is 10.3. The number of aromatic nitrogens is 2. The van der Waals surface area contributed by atoms with Crippen molar-refractivity contribution in [1.29, 1.82) is 0 Å². The van der Waals surface area contributed by atoms with Crippen LogP contribution in [0.15, 0.2) is 60.8 Å². The number of amides is 2. The number of carbonyl (C=O) groups is 2. The maximum Gasteiger partial charge on any atom is 0.272 e. The summed E-state index contributed by atoms with van der Waals surface area (Å²) < 4.78 is 6.43. The standard InChI is InChI=1S/C20H19N5O5/c1-30-17-7-5-14(6-8-17)12-21-19(26)13-22-20(27)18-9-10-24(23-18)15-3-2-4-16(11-15)25(28)29/h2-11H,12-13H2,1H3,(H,21,26)(H,22,27). The van der Waals surface area contributed by atoms with Crippen molar-refractivity contribution in [3.8, 4) is 11.4 Å². The molecule has 2 N–H and O–H groups in total. The predicted molar refractivity (Wildman–Crippen MR) is 107 cm³/mol. The minimum Gasteiger partial charge on any atom is -0.497 e. The first-order chi connectivity index (χ1) is 14.5. The third-order valence-electron chi connectivity index (χ3n) is 4.19. The van der Waals surface area contributed by atoms with E-state index < -0.39 is 10.8 Å². The van der Waals surface area contributed by atoms with Crippen molar-refractivity contribution >= 4 is 17.5 Å². The van der Waals surface area contributed by atoms with Crippen LogP contribution in [0.25, 0.3) is 5.69 Å². The van der Waals surface area contributed by atoms with Gasteiger partial charge in [-0.1, -0.05) is 18.2 Å². The molecule has 0 unspecified atom stereocenters. The molecule has 1 heterocycles. The summed E-state index contributed by atoms with van der Waals surface area (Å²) in [5, 5.41) is 20.2. The lowest BCUT2D eigenvalue weighted by Crippen LogP contribution is -2.36. The molecule has 0 aliphatic rings. The molecule has 10 nitrogen and oxygen atoms in total. The zero-order chi connectivity index (χ0) is 21.5. The van der Waals surface area contributed by atoms with Crippen LogP contribution in [0.4, 0.5) is 5.69 Å². The number of nitrogens with one attached hydrogen (secondary N) is 2. The zero-order valence-corrected chi connectivity index (χ0v) is 16.1. The molecular formula is C20H19N5O5. The SMILES string of the molecule is COc1ccc(CNC(=O)CNC(=O)c2ccn(-c3cccc([N+](=O)[O-])c3)n2)cc1. The van der Waals surface area contributed by atoms with E-state index in [0.29, 0.717) is 12.2 Å². The molecule has 0 aliphatic carbocycles. The molecule has 2 amide bonds. The highest BCUT2D eigenvalue weighted by Crippen LogP contribution is 2.16. The summed E-state index contributed by atoms with van der Waals surface area (Å²) in [5.41, 5.74) is 1.35. The van der Waals surface area contributed by atoms with Gasteiger partial charge in [0.25, 0.3) is 11.6 Å². The first-order valence-electron chi connectivity index (χ1n) is 8.94. The molecule has 154 valence electrons. The van der Waals surface area contributed by atoms with E-state index in [9.17, 15) is 19.7 Å². The zero-order valence-electron chi connectivity index (χ0n) is 16.1. The van der Waals surface area contributed by atoms with Gasteiger partial charge >= 0.3 is 0 Å². The number of methoxy groups -OCH3 is 1. The van der Waals surface area contributed by atoms with E-state index in [1.54, 1.807) is 25.3 Å². The number of carbonyl (C=O) groups excluding carboxylic acids is 2. The van der Waals surface area contributed by atoms with E-state index >= 15 is 0 Å². The number of ether oxygens (including phenoxy) is 1. The number of nitro groups is 1. The van der Waals surface area contributed by atoms with E-state index in [4.69, 9.17) is 4.74 Å². The van der Waals surface area contributed by atoms with Gasteiger partial charge in [-0.15, -0.1) is 0 Å². The van der Waals surface area contributed by atoms with Crippen LogP contribution in [0.2, 0.25) is 0 Å². The Bertz CT molecular complexity index is 1060. The summed E-state index contributed by atoms with van der Waals surface area (Å²) >= 11 is 0. The quantitative estimate of drug-likeness (QED) is 0.431. The average molecular weight is 409 g/mol. The fraction of sp³-hybridized carbons (Fsp3) is 0.150. The monoisotopic (exact) mass is 409 g/mol. The highest BCUT2D eigenvalue weighted by molar-refractivity contribution is 5.94. The summed E-state index contributed by atoms with van der Waals surface area (Å²) in [7, 11) is 1.58. The smallest absolute Gasteiger partial charge is 0.272 e. The number of nitrogens with zero attached hydrogens (tertiary/aromatic N) is 3. The Morgan fingerprint density at radius 3 is 2.60 bits per heavy atom. The van der Waals surface area contributed by atoms with Crippen molar-refractivity contribution in [3.05, 3.63) is 82.2 Å². The van der Waals surface area contributed by atoms with Crippen LogP contribution in [0.1, 0.15) is 16.1 Å². The van der Waals surface area contributed by atoms with Crippen LogP contribution >= 0.6 is 0 Å². The predicted octanol–water partition coefficient (Wildman–Crippen LogP) is 1.84. The van der Waals surface area contributed by atoms with Gasteiger partial charge in [0, 0.05) is 24.9 Å². The lowest BCUT2D eigenvalue weighted by Gasteiger charge is -2.07. The summed E-state index contributed by atoms with van der Waals surface area (Å²) in [6, 6.07) is 14.6. The molecule has 1 aromatic heterocycles. The van der Waals surface area contributed by atoms with Gasteiger partial charge in [-0.3, -0.25) is 19.7 Å².